The lowest BCUT2D eigenvalue weighted by Gasteiger charge is -2.31. The third-order valence-electron chi connectivity index (χ3n) is 12.6. The maximum atomic E-state index is 6.32. The van der Waals surface area contributed by atoms with Crippen molar-refractivity contribution in [3.8, 4) is 33.4 Å². The van der Waals surface area contributed by atoms with E-state index in [1.807, 2.05) is 6.07 Å². The highest BCUT2D eigenvalue weighted by atomic mass is 16.3. The van der Waals surface area contributed by atoms with Crippen LogP contribution in [0.3, 0.4) is 0 Å². The van der Waals surface area contributed by atoms with Gasteiger partial charge in [-0.05, 0) is 111 Å². The molecule has 8 aromatic carbocycles. The first kappa shape index (κ1) is 31.8. The lowest BCUT2D eigenvalue weighted by molar-refractivity contribution is 0.660. The highest BCUT2D eigenvalue weighted by molar-refractivity contribution is 6.07. The maximum absolute atomic E-state index is 6.32. The zero-order chi connectivity index (χ0) is 36.9. The number of fused-ring (bicyclic) bond motifs is 9. The summed E-state index contributed by atoms with van der Waals surface area (Å²) in [6.07, 6.45) is 0. The number of para-hydroxylation sites is 2. The number of furan rings is 1. The molecule has 9 aromatic rings. The van der Waals surface area contributed by atoms with E-state index in [0.717, 1.165) is 39.0 Å². The van der Waals surface area contributed by atoms with Crippen LogP contribution in [0, 0.1) is 0 Å². The van der Waals surface area contributed by atoms with Crippen molar-refractivity contribution < 1.29 is 4.42 Å². The Hall–Kier alpha value is -6.64. The number of hydrogen-bond acceptors (Lipinski definition) is 2. The molecular formula is C53H39NO. The van der Waals surface area contributed by atoms with E-state index in [-0.39, 0.29) is 10.8 Å². The van der Waals surface area contributed by atoms with Crippen LogP contribution in [0.25, 0.3) is 55.3 Å². The molecule has 1 atom stereocenters. The molecule has 11 rings (SSSR count). The van der Waals surface area contributed by atoms with Crippen LogP contribution in [0.5, 0.6) is 0 Å². The van der Waals surface area contributed by atoms with Crippen LogP contribution in [0.4, 0.5) is 17.1 Å². The molecule has 0 N–H and O–H groups in total. The Bertz CT molecular complexity index is 2990. The summed E-state index contributed by atoms with van der Waals surface area (Å²) >= 11 is 0. The van der Waals surface area contributed by atoms with Gasteiger partial charge in [0.05, 0.1) is 5.69 Å². The third kappa shape index (κ3) is 4.55. The molecule has 1 heterocycles. The van der Waals surface area contributed by atoms with Crippen LogP contribution >= 0.6 is 0 Å². The van der Waals surface area contributed by atoms with Gasteiger partial charge in [-0.3, -0.25) is 0 Å². The fourth-order valence-electron chi connectivity index (χ4n) is 9.77. The number of anilines is 3. The molecule has 0 spiro atoms. The SMILES string of the molecule is CC1(C)c2ccccc2-c2ccc(N(c3ccc4oc5ccccc5c4c3)c3ccccc3-c3ccc4c(c3)C(C)(c3ccccc3)c3ccccc3-4)cc21. The second-order valence-electron chi connectivity index (χ2n) is 15.8. The van der Waals surface area contributed by atoms with Crippen molar-refractivity contribution >= 4 is 39.0 Å². The van der Waals surface area contributed by atoms with Gasteiger partial charge in [-0.1, -0.05) is 147 Å². The monoisotopic (exact) mass is 705 g/mol. The van der Waals surface area contributed by atoms with Crippen LogP contribution in [-0.2, 0) is 10.8 Å². The molecule has 0 amide bonds. The number of rotatable bonds is 5. The summed E-state index contributed by atoms with van der Waals surface area (Å²) in [5.74, 6) is 0. The third-order valence-corrected chi connectivity index (χ3v) is 12.6. The molecule has 0 fully saturated rings. The van der Waals surface area contributed by atoms with Crippen molar-refractivity contribution in [3.63, 3.8) is 0 Å². The Labute approximate surface area is 322 Å². The standard InChI is InChI=1S/C53H39NO/c1-52(2)45-21-11-7-18-39(45)41-29-26-37(33-47(41)52)54(36-27-30-51-44(32-36)43-20-10-14-24-50(43)55-51)49-23-13-9-17-38(49)34-25-28-42-40-19-8-12-22-46(40)53(3,48(42)31-34)35-15-5-4-6-16-35/h4-33H,1-3H3. The minimum Gasteiger partial charge on any atom is -0.456 e. The Morgan fingerprint density at radius 1 is 0.400 bits per heavy atom. The van der Waals surface area contributed by atoms with Gasteiger partial charge in [0.1, 0.15) is 11.2 Å². The van der Waals surface area contributed by atoms with Gasteiger partial charge >= 0.3 is 0 Å². The first-order chi connectivity index (χ1) is 26.9. The first-order valence-corrected chi connectivity index (χ1v) is 19.3. The average Bonchev–Trinajstić information content (AvgIpc) is 3.82. The highest BCUT2D eigenvalue weighted by Crippen LogP contribution is 2.55. The molecule has 2 nitrogen and oxygen atoms in total. The summed E-state index contributed by atoms with van der Waals surface area (Å²) in [5.41, 5.74) is 19.0. The maximum Gasteiger partial charge on any atom is 0.135 e. The van der Waals surface area contributed by atoms with Crippen LogP contribution in [0.1, 0.15) is 48.6 Å². The van der Waals surface area contributed by atoms with E-state index in [1.165, 1.54) is 61.2 Å². The van der Waals surface area contributed by atoms with Crippen molar-refractivity contribution in [1.29, 1.82) is 0 Å². The van der Waals surface area contributed by atoms with Gasteiger partial charge in [0.25, 0.3) is 0 Å². The number of nitrogens with zero attached hydrogens (tertiary/aromatic N) is 1. The molecule has 0 aliphatic heterocycles. The molecule has 0 saturated heterocycles. The fourth-order valence-corrected chi connectivity index (χ4v) is 9.77. The molecule has 55 heavy (non-hydrogen) atoms. The number of hydrogen-bond donors (Lipinski definition) is 0. The van der Waals surface area contributed by atoms with Gasteiger partial charge in [-0.2, -0.15) is 0 Å². The Morgan fingerprint density at radius 2 is 0.982 bits per heavy atom. The largest absolute Gasteiger partial charge is 0.456 e. The van der Waals surface area contributed by atoms with E-state index in [2.05, 4.69) is 202 Å². The van der Waals surface area contributed by atoms with E-state index < -0.39 is 0 Å². The van der Waals surface area contributed by atoms with Crippen LogP contribution in [0.2, 0.25) is 0 Å². The zero-order valence-corrected chi connectivity index (χ0v) is 31.2. The van der Waals surface area contributed by atoms with Crippen LogP contribution in [0.15, 0.2) is 186 Å². The van der Waals surface area contributed by atoms with Crippen molar-refractivity contribution in [1.82, 2.24) is 0 Å². The summed E-state index contributed by atoms with van der Waals surface area (Å²) < 4.78 is 6.32. The predicted octanol–water partition coefficient (Wildman–Crippen LogP) is 14.4. The van der Waals surface area contributed by atoms with Crippen molar-refractivity contribution in [2.24, 2.45) is 0 Å². The summed E-state index contributed by atoms with van der Waals surface area (Å²) in [6.45, 7) is 7.11. The molecule has 0 bridgehead atoms. The Kier molecular flexibility index (Phi) is 6.76. The smallest absolute Gasteiger partial charge is 0.135 e. The molecule has 1 aromatic heterocycles. The summed E-state index contributed by atoms with van der Waals surface area (Å²) in [6, 6.07) is 66.8. The average molecular weight is 706 g/mol. The van der Waals surface area contributed by atoms with Gasteiger partial charge in [-0.25, -0.2) is 0 Å². The molecule has 0 saturated carbocycles. The summed E-state index contributed by atoms with van der Waals surface area (Å²) in [5, 5.41) is 2.23. The van der Waals surface area contributed by atoms with Gasteiger partial charge in [0.2, 0.25) is 0 Å². The molecule has 1 unspecified atom stereocenters. The van der Waals surface area contributed by atoms with Crippen LogP contribution < -0.4 is 4.90 Å². The van der Waals surface area contributed by atoms with E-state index in [4.69, 9.17) is 4.42 Å². The van der Waals surface area contributed by atoms with Gasteiger partial charge in [-0.15, -0.1) is 0 Å². The molecule has 0 radical (unpaired) electrons. The lowest BCUT2D eigenvalue weighted by Crippen LogP contribution is -2.22. The van der Waals surface area contributed by atoms with Gasteiger partial charge in [0, 0.05) is 38.5 Å². The minimum atomic E-state index is -0.286. The highest BCUT2D eigenvalue weighted by Gasteiger charge is 2.41. The summed E-state index contributed by atoms with van der Waals surface area (Å²) in [7, 11) is 0. The molecule has 2 aliphatic carbocycles. The van der Waals surface area contributed by atoms with Gasteiger partial charge in [0.15, 0.2) is 0 Å². The van der Waals surface area contributed by atoms with Crippen molar-refractivity contribution in [2.75, 3.05) is 4.90 Å². The van der Waals surface area contributed by atoms with Crippen molar-refractivity contribution in [2.45, 2.75) is 31.6 Å². The topological polar surface area (TPSA) is 16.4 Å². The quantitative estimate of drug-likeness (QED) is 0.177. The van der Waals surface area contributed by atoms with E-state index in [1.54, 1.807) is 0 Å². The van der Waals surface area contributed by atoms with E-state index in [9.17, 15) is 0 Å². The van der Waals surface area contributed by atoms with Crippen LogP contribution in [-0.4, -0.2) is 0 Å². The Balaban J connectivity index is 1.14. The normalized spacial score (nSPS) is 16.1. The van der Waals surface area contributed by atoms with E-state index in [0.29, 0.717) is 0 Å². The zero-order valence-electron chi connectivity index (χ0n) is 31.2. The fraction of sp³-hybridized carbons (Fsp3) is 0.0943. The Morgan fingerprint density at radius 3 is 1.82 bits per heavy atom. The van der Waals surface area contributed by atoms with E-state index >= 15 is 0 Å². The number of benzene rings is 8. The van der Waals surface area contributed by atoms with Gasteiger partial charge < -0.3 is 9.32 Å². The summed E-state index contributed by atoms with van der Waals surface area (Å²) in [4.78, 5) is 2.45. The molecule has 262 valence electrons. The molecule has 2 aliphatic rings. The minimum absolute atomic E-state index is 0.130. The molecule has 2 heteroatoms. The van der Waals surface area contributed by atoms with Crippen molar-refractivity contribution in [3.05, 3.63) is 210 Å². The lowest BCUT2D eigenvalue weighted by atomic mass is 9.74. The predicted molar refractivity (Wildman–Crippen MR) is 229 cm³/mol. The second-order valence-corrected chi connectivity index (χ2v) is 15.8. The first-order valence-electron chi connectivity index (χ1n) is 19.3. The molecular weight excluding hydrogens is 667 g/mol. The second kappa shape index (κ2) is 11.7.